The molecule has 0 amide bonds. The molecule has 8 heteroatoms. The average molecular weight is 362 g/mol. The highest BCUT2D eigenvalue weighted by molar-refractivity contribution is 8.01. The zero-order valence-electron chi connectivity index (χ0n) is 15.2. The second kappa shape index (κ2) is 8.20. The van der Waals surface area contributed by atoms with E-state index in [0.29, 0.717) is 0 Å². The van der Waals surface area contributed by atoms with Crippen LogP contribution in [0.4, 0.5) is 0 Å². The van der Waals surface area contributed by atoms with E-state index in [1.807, 2.05) is 20.8 Å². The molecule has 1 aliphatic rings. The normalized spacial score (nSPS) is 30.4. The fourth-order valence-corrected chi connectivity index (χ4v) is 3.69. The van der Waals surface area contributed by atoms with Crippen molar-refractivity contribution in [2.45, 2.75) is 83.1 Å². The molecule has 1 saturated heterocycles. The van der Waals surface area contributed by atoms with Gasteiger partial charge in [0.15, 0.2) is 18.3 Å². The number of ether oxygens (including phenoxy) is 4. The van der Waals surface area contributed by atoms with Crippen LogP contribution in [0, 0.1) is 0 Å². The van der Waals surface area contributed by atoms with Crippen LogP contribution in [0.15, 0.2) is 0 Å². The smallest absolute Gasteiger partial charge is 0.303 e. The van der Waals surface area contributed by atoms with Gasteiger partial charge < -0.3 is 18.9 Å². The molecule has 24 heavy (non-hydrogen) atoms. The molecule has 0 aromatic rings. The Labute approximate surface area is 146 Å². The van der Waals surface area contributed by atoms with Crippen LogP contribution in [0.2, 0.25) is 0 Å². The minimum atomic E-state index is -0.932. The summed E-state index contributed by atoms with van der Waals surface area (Å²) in [6, 6.07) is 0. The van der Waals surface area contributed by atoms with Crippen LogP contribution in [0.25, 0.3) is 0 Å². The number of esters is 3. The van der Waals surface area contributed by atoms with Gasteiger partial charge in [-0.05, 0) is 6.92 Å². The Morgan fingerprint density at radius 3 is 1.67 bits per heavy atom. The maximum absolute atomic E-state index is 11.5. The highest BCUT2D eigenvalue weighted by atomic mass is 32.2. The Balaban J connectivity index is 3.18. The van der Waals surface area contributed by atoms with Gasteiger partial charge in [-0.1, -0.05) is 20.8 Å². The van der Waals surface area contributed by atoms with Gasteiger partial charge in [0.1, 0.15) is 5.44 Å². The molecule has 0 radical (unpaired) electrons. The van der Waals surface area contributed by atoms with E-state index in [9.17, 15) is 14.4 Å². The topological polar surface area (TPSA) is 88.1 Å². The summed E-state index contributed by atoms with van der Waals surface area (Å²) in [6.45, 7) is 11.5. The van der Waals surface area contributed by atoms with Crippen molar-refractivity contribution < 1.29 is 33.3 Å². The van der Waals surface area contributed by atoms with Gasteiger partial charge in [0.05, 0.1) is 6.10 Å². The number of hydrogen-bond acceptors (Lipinski definition) is 8. The van der Waals surface area contributed by atoms with Crippen LogP contribution >= 0.6 is 11.8 Å². The van der Waals surface area contributed by atoms with Gasteiger partial charge in [0, 0.05) is 25.5 Å². The van der Waals surface area contributed by atoms with Gasteiger partial charge in [-0.15, -0.1) is 11.8 Å². The Morgan fingerprint density at radius 2 is 1.25 bits per heavy atom. The monoisotopic (exact) mass is 362 g/mol. The van der Waals surface area contributed by atoms with Crippen molar-refractivity contribution in [1.82, 2.24) is 0 Å². The lowest BCUT2D eigenvalue weighted by Gasteiger charge is -2.44. The molecule has 1 aliphatic heterocycles. The van der Waals surface area contributed by atoms with Crippen LogP contribution in [0.3, 0.4) is 0 Å². The highest BCUT2D eigenvalue weighted by Crippen LogP contribution is 2.39. The fourth-order valence-electron chi connectivity index (χ4n) is 2.41. The summed E-state index contributed by atoms with van der Waals surface area (Å²) in [5.74, 6) is -1.62. The summed E-state index contributed by atoms with van der Waals surface area (Å²) in [7, 11) is 0. The van der Waals surface area contributed by atoms with E-state index in [1.54, 1.807) is 6.92 Å². The van der Waals surface area contributed by atoms with Gasteiger partial charge in [0.2, 0.25) is 0 Å². The molecule has 0 saturated carbocycles. The van der Waals surface area contributed by atoms with E-state index in [2.05, 4.69) is 0 Å². The van der Waals surface area contributed by atoms with Crippen molar-refractivity contribution in [2.75, 3.05) is 0 Å². The molecule has 5 atom stereocenters. The number of rotatable bonds is 4. The van der Waals surface area contributed by atoms with Crippen molar-refractivity contribution in [2.24, 2.45) is 0 Å². The first kappa shape index (κ1) is 20.8. The van der Waals surface area contributed by atoms with Crippen molar-refractivity contribution in [3.63, 3.8) is 0 Å². The Bertz CT molecular complexity index is 485. The molecular formula is C16H26O7S. The number of carbonyl (C=O) groups is 3. The van der Waals surface area contributed by atoms with E-state index in [0.717, 1.165) is 0 Å². The predicted molar refractivity (Wildman–Crippen MR) is 88.3 cm³/mol. The second-order valence-electron chi connectivity index (χ2n) is 6.66. The third-order valence-corrected chi connectivity index (χ3v) is 4.42. The van der Waals surface area contributed by atoms with Crippen molar-refractivity contribution in [3.05, 3.63) is 0 Å². The maximum Gasteiger partial charge on any atom is 0.303 e. The van der Waals surface area contributed by atoms with Crippen LogP contribution in [-0.2, 0) is 33.3 Å². The molecule has 0 spiro atoms. The first-order valence-electron chi connectivity index (χ1n) is 7.75. The molecule has 1 fully saturated rings. The second-order valence-corrected chi connectivity index (χ2v) is 8.59. The molecule has 7 nitrogen and oxygen atoms in total. The molecule has 0 N–H and O–H groups in total. The van der Waals surface area contributed by atoms with Gasteiger partial charge in [-0.25, -0.2) is 0 Å². The van der Waals surface area contributed by atoms with Crippen LogP contribution in [0.5, 0.6) is 0 Å². The standard InChI is InChI=1S/C16H26O7S/c1-8-12(21-9(2)17)13(22-10(3)18)14(23-11(4)19)15(20-8)24-16(5,6)7/h8,12-15H,1-7H3/t8-,12-,13+,14+,15-/m0/s1. The molecule has 1 rings (SSSR count). The SMILES string of the molecule is CC(=O)O[C@@H]1[C@@H](OC(C)=O)[C@H](C)O[C@@H](SC(C)(C)C)[C@@H]1OC(C)=O. The molecule has 1 heterocycles. The lowest BCUT2D eigenvalue weighted by molar-refractivity contribution is -0.229. The molecule has 0 bridgehead atoms. The highest BCUT2D eigenvalue weighted by Gasteiger charge is 2.51. The van der Waals surface area contributed by atoms with E-state index in [4.69, 9.17) is 18.9 Å². The molecule has 0 aliphatic carbocycles. The van der Waals surface area contributed by atoms with Crippen molar-refractivity contribution in [1.29, 1.82) is 0 Å². The maximum atomic E-state index is 11.5. The van der Waals surface area contributed by atoms with E-state index < -0.39 is 47.8 Å². The first-order chi connectivity index (χ1) is 10.9. The lowest BCUT2D eigenvalue weighted by atomic mass is 10.00. The minimum Gasteiger partial charge on any atom is -0.456 e. The summed E-state index contributed by atoms with van der Waals surface area (Å²) in [6.07, 6.45) is -3.19. The molecule has 138 valence electrons. The van der Waals surface area contributed by atoms with Crippen LogP contribution < -0.4 is 0 Å². The van der Waals surface area contributed by atoms with Gasteiger partial charge in [0.25, 0.3) is 0 Å². The summed E-state index contributed by atoms with van der Waals surface area (Å²) >= 11 is 1.45. The zero-order valence-corrected chi connectivity index (χ0v) is 16.0. The fraction of sp³-hybridized carbons (Fsp3) is 0.812. The summed E-state index contributed by atoms with van der Waals surface area (Å²) in [5.41, 5.74) is -0.556. The number of carbonyl (C=O) groups excluding carboxylic acids is 3. The third kappa shape index (κ3) is 6.32. The number of hydrogen-bond donors (Lipinski definition) is 0. The average Bonchev–Trinajstić information content (AvgIpc) is 2.35. The molecule has 0 aromatic carbocycles. The minimum absolute atomic E-state index is 0.183. The Hall–Kier alpha value is -1.28. The molecule has 0 aromatic heterocycles. The van der Waals surface area contributed by atoms with Crippen molar-refractivity contribution in [3.8, 4) is 0 Å². The summed E-state index contributed by atoms with van der Waals surface area (Å²) < 4.78 is 21.7. The third-order valence-electron chi connectivity index (χ3n) is 3.10. The first-order valence-corrected chi connectivity index (χ1v) is 8.63. The summed E-state index contributed by atoms with van der Waals surface area (Å²) in [4.78, 5) is 34.4. The quantitative estimate of drug-likeness (QED) is 0.555. The lowest BCUT2D eigenvalue weighted by Crippen LogP contribution is -2.60. The zero-order chi connectivity index (χ0) is 18.7. The van der Waals surface area contributed by atoms with Crippen LogP contribution in [-0.4, -0.2) is 52.5 Å². The van der Waals surface area contributed by atoms with E-state index >= 15 is 0 Å². The number of thioether (sulfide) groups is 1. The Morgan fingerprint density at radius 1 is 0.833 bits per heavy atom. The van der Waals surface area contributed by atoms with E-state index in [1.165, 1.54) is 32.5 Å². The van der Waals surface area contributed by atoms with Gasteiger partial charge in [-0.3, -0.25) is 14.4 Å². The molecule has 0 unspecified atom stereocenters. The van der Waals surface area contributed by atoms with Gasteiger partial charge >= 0.3 is 17.9 Å². The molecular weight excluding hydrogens is 336 g/mol. The largest absolute Gasteiger partial charge is 0.456 e. The van der Waals surface area contributed by atoms with Crippen LogP contribution in [0.1, 0.15) is 48.5 Å². The summed E-state index contributed by atoms with van der Waals surface area (Å²) in [5, 5.41) is 0. The Kier molecular flexibility index (Phi) is 7.10. The predicted octanol–water partition coefficient (Wildman–Crippen LogP) is 2.06. The van der Waals surface area contributed by atoms with Gasteiger partial charge in [-0.2, -0.15) is 0 Å². The van der Waals surface area contributed by atoms with Crippen molar-refractivity contribution >= 4 is 29.7 Å². The van der Waals surface area contributed by atoms with E-state index in [-0.39, 0.29) is 4.75 Å².